The van der Waals surface area contributed by atoms with Crippen molar-refractivity contribution in [2.24, 2.45) is 5.92 Å². The Kier molecular flexibility index (Phi) is 4.08. The van der Waals surface area contributed by atoms with Gasteiger partial charge in [0.15, 0.2) is 0 Å². The molecule has 0 spiro atoms. The molecule has 2 aromatic rings. The fraction of sp³-hybridized carbons (Fsp3) is 0.412. The molecule has 3 atom stereocenters. The van der Waals surface area contributed by atoms with Gasteiger partial charge in [0.2, 0.25) is 5.95 Å². The summed E-state index contributed by atoms with van der Waals surface area (Å²) in [5, 5.41) is 2.87. The monoisotopic (exact) mass is 325 g/mol. The Hall–Kier alpha value is -2.54. The van der Waals surface area contributed by atoms with E-state index in [1.54, 1.807) is 36.9 Å². The van der Waals surface area contributed by atoms with Gasteiger partial charge in [-0.05, 0) is 37.0 Å². The lowest BCUT2D eigenvalue weighted by molar-refractivity contribution is -0.126. The van der Waals surface area contributed by atoms with Gasteiger partial charge in [0.25, 0.3) is 5.91 Å². The van der Waals surface area contributed by atoms with Gasteiger partial charge in [-0.2, -0.15) is 0 Å². The van der Waals surface area contributed by atoms with Crippen molar-refractivity contribution in [2.45, 2.75) is 25.0 Å². The first-order chi connectivity index (χ1) is 11.8. The molecule has 2 aliphatic rings. The standard InChI is InChI=1S/C17H19N5O2/c23-16(21-13-3-1-5-18-10-13)14-9-12-4-8-22(11-15(12)24-14)17-19-6-2-7-20-17/h1-3,5-7,10,12,14-15H,4,8-9,11H2,(H,21,23)/t12-,14+,15-/m1/s1. The third kappa shape index (κ3) is 3.07. The van der Waals surface area contributed by atoms with Crippen LogP contribution in [-0.4, -0.2) is 46.2 Å². The van der Waals surface area contributed by atoms with E-state index in [1.165, 1.54) is 0 Å². The Labute approximate surface area is 140 Å². The minimum absolute atomic E-state index is 0.0483. The zero-order valence-electron chi connectivity index (χ0n) is 13.2. The molecule has 2 saturated heterocycles. The average Bonchev–Trinajstić information content (AvgIpc) is 3.07. The van der Waals surface area contributed by atoms with Gasteiger partial charge in [-0.15, -0.1) is 0 Å². The fourth-order valence-corrected chi connectivity index (χ4v) is 3.39. The van der Waals surface area contributed by atoms with E-state index < -0.39 is 6.10 Å². The van der Waals surface area contributed by atoms with Crippen LogP contribution >= 0.6 is 0 Å². The van der Waals surface area contributed by atoms with Gasteiger partial charge in [0.1, 0.15) is 6.10 Å². The SMILES string of the molecule is O=C(Nc1cccnc1)[C@@H]1C[C@H]2CCN(c3ncccn3)C[C@H]2O1. The highest BCUT2D eigenvalue weighted by molar-refractivity contribution is 5.94. The fourth-order valence-electron chi connectivity index (χ4n) is 3.39. The topological polar surface area (TPSA) is 80.2 Å². The van der Waals surface area contributed by atoms with Crippen molar-refractivity contribution < 1.29 is 9.53 Å². The van der Waals surface area contributed by atoms with Crippen molar-refractivity contribution in [3.63, 3.8) is 0 Å². The molecule has 4 heterocycles. The van der Waals surface area contributed by atoms with Crippen LogP contribution in [0.3, 0.4) is 0 Å². The van der Waals surface area contributed by atoms with Crippen LogP contribution in [0.4, 0.5) is 11.6 Å². The minimum atomic E-state index is -0.406. The van der Waals surface area contributed by atoms with Gasteiger partial charge >= 0.3 is 0 Å². The quantitative estimate of drug-likeness (QED) is 0.921. The predicted molar refractivity (Wildman–Crippen MR) is 88.5 cm³/mol. The lowest BCUT2D eigenvalue weighted by Gasteiger charge is -2.33. The molecule has 124 valence electrons. The summed E-state index contributed by atoms with van der Waals surface area (Å²) in [6.45, 7) is 1.62. The van der Waals surface area contributed by atoms with Crippen molar-refractivity contribution in [3.8, 4) is 0 Å². The molecule has 7 heteroatoms. The van der Waals surface area contributed by atoms with Gasteiger partial charge in [-0.25, -0.2) is 9.97 Å². The Morgan fingerprint density at radius 1 is 1.25 bits per heavy atom. The summed E-state index contributed by atoms with van der Waals surface area (Å²) in [6, 6.07) is 5.42. The third-order valence-corrected chi connectivity index (χ3v) is 4.61. The van der Waals surface area contributed by atoms with E-state index in [0.29, 0.717) is 11.6 Å². The summed E-state index contributed by atoms with van der Waals surface area (Å²) in [5.41, 5.74) is 0.695. The number of hydrogen-bond donors (Lipinski definition) is 1. The van der Waals surface area contributed by atoms with Crippen LogP contribution < -0.4 is 10.2 Å². The summed E-state index contributed by atoms with van der Waals surface area (Å²) < 4.78 is 6.02. The highest BCUT2D eigenvalue weighted by Gasteiger charge is 2.42. The second-order valence-electron chi connectivity index (χ2n) is 6.17. The number of nitrogens with zero attached hydrogens (tertiary/aromatic N) is 4. The number of ether oxygens (including phenoxy) is 1. The number of aromatic nitrogens is 3. The molecule has 2 fully saturated rings. The van der Waals surface area contributed by atoms with Crippen LogP contribution in [0.25, 0.3) is 0 Å². The zero-order chi connectivity index (χ0) is 16.4. The van der Waals surface area contributed by atoms with Crippen LogP contribution in [0.1, 0.15) is 12.8 Å². The van der Waals surface area contributed by atoms with Gasteiger partial charge < -0.3 is 15.0 Å². The summed E-state index contributed by atoms with van der Waals surface area (Å²) in [7, 11) is 0. The van der Waals surface area contributed by atoms with Gasteiger partial charge in [0.05, 0.1) is 18.0 Å². The highest BCUT2D eigenvalue weighted by atomic mass is 16.5. The highest BCUT2D eigenvalue weighted by Crippen LogP contribution is 2.34. The normalized spacial score (nSPS) is 26.0. The number of piperidine rings is 1. The summed E-state index contributed by atoms with van der Waals surface area (Å²) in [4.78, 5) is 27.1. The maximum Gasteiger partial charge on any atom is 0.253 e. The molecule has 2 aliphatic heterocycles. The van der Waals surface area contributed by atoms with Crippen LogP contribution in [0.15, 0.2) is 43.0 Å². The largest absolute Gasteiger partial charge is 0.363 e. The maximum absolute atomic E-state index is 12.4. The van der Waals surface area contributed by atoms with E-state index in [9.17, 15) is 4.79 Å². The number of carbonyl (C=O) groups is 1. The van der Waals surface area contributed by atoms with Crippen molar-refractivity contribution in [1.29, 1.82) is 0 Å². The van der Waals surface area contributed by atoms with Crippen LogP contribution in [0.2, 0.25) is 0 Å². The van der Waals surface area contributed by atoms with Gasteiger partial charge in [-0.1, -0.05) is 0 Å². The Bertz CT molecular complexity index is 697. The smallest absolute Gasteiger partial charge is 0.253 e. The van der Waals surface area contributed by atoms with Crippen LogP contribution in [0.5, 0.6) is 0 Å². The number of anilines is 2. The molecule has 0 aliphatic carbocycles. The molecular formula is C17H19N5O2. The second kappa shape index (κ2) is 6.52. The van der Waals surface area contributed by atoms with Crippen molar-refractivity contribution in [3.05, 3.63) is 43.0 Å². The average molecular weight is 325 g/mol. The number of rotatable bonds is 3. The first-order valence-electron chi connectivity index (χ1n) is 8.18. The first kappa shape index (κ1) is 15.0. The molecule has 7 nitrogen and oxygen atoms in total. The number of pyridine rings is 1. The second-order valence-corrected chi connectivity index (χ2v) is 6.17. The third-order valence-electron chi connectivity index (χ3n) is 4.61. The maximum atomic E-state index is 12.4. The van der Waals surface area contributed by atoms with E-state index >= 15 is 0 Å². The van der Waals surface area contributed by atoms with E-state index in [1.807, 2.05) is 6.07 Å². The molecule has 0 radical (unpaired) electrons. The molecule has 0 bridgehead atoms. The summed E-state index contributed by atoms with van der Waals surface area (Å²) >= 11 is 0. The minimum Gasteiger partial charge on any atom is -0.363 e. The number of nitrogens with one attached hydrogen (secondary N) is 1. The molecule has 0 aromatic carbocycles. The van der Waals surface area contributed by atoms with Crippen LogP contribution in [-0.2, 0) is 9.53 Å². The lowest BCUT2D eigenvalue weighted by Crippen LogP contribution is -2.43. The van der Waals surface area contributed by atoms with Crippen molar-refractivity contribution in [2.75, 3.05) is 23.3 Å². The van der Waals surface area contributed by atoms with Crippen LogP contribution in [0, 0.1) is 5.92 Å². The van der Waals surface area contributed by atoms with Crippen molar-refractivity contribution >= 4 is 17.5 Å². The molecule has 0 saturated carbocycles. The van der Waals surface area contributed by atoms with Gasteiger partial charge in [-0.3, -0.25) is 9.78 Å². The Morgan fingerprint density at radius 2 is 2.12 bits per heavy atom. The lowest BCUT2D eigenvalue weighted by atomic mass is 9.92. The Morgan fingerprint density at radius 3 is 2.92 bits per heavy atom. The molecule has 4 rings (SSSR count). The number of amides is 1. The molecule has 0 unspecified atom stereocenters. The molecule has 24 heavy (non-hydrogen) atoms. The first-order valence-corrected chi connectivity index (χ1v) is 8.18. The number of hydrogen-bond acceptors (Lipinski definition) is 6. The van der Waals surface area contributed by atoms with Gasteiger partial charge in [0, 0.05) is 31.7 Å². The van der Waals surface area contributed by atoms with E-state index in [0.717, 1.165) is 31.9 Å². The zero-order valence-corrected chi connectivity index (χ0v) is 13.2. The van der Waals surface area contributed by atoms with E-state index in [2.05, 4.69) is 25.2 Å². The number of carbonyl (C=O) groups excluding carboxylic acids is 1. The predicted octanol–water partition coefficient (Wildman–Crippen LogP) is 1.49. The molecule has 2 aromatic heterocycles. The molecule has 1 amide bonds. The van der Waals surface area contributed by atoms with E-state index in [-0.39, 0.29) is 12.0 Å². The number of fused-ring (bicyclic) bond motifs is 1. The summed E-state index contributed by atoms with van der Waals surface area (Å²) in [6.07, 6.45) is 8.19. The van der Waals surface area contributed by atoms with Crippen molar-refractivity contribution in [1.82, 2.24) is 15.0 Å². The van der Waals surface area contributed by atoms with E-state index in [4.69, 9.17) is 4.74 Å². The Balaban J connectivity index is 1.38. The molecular weight excluding hydrogens is 306 g/mol. The molecule has 1 N–H and O–H groups in total. The summed E-state index contributed by atoms with van der Waals surface area (Å²) in [5.74, 6) is 1.04.